The largest absolute Gasteiger partial charge is 0.435 e. The van der Waals surface area contributed by atoms with Gasteiger partial charge < -0.3 is 5.32 Å². The highest BCUT2D eigenvalue weighted by Gasteiger charge is 2.39. The number of carbonyl (C=O) groups excluding carboxylic acids is 1. The molecular weight excluding hydrogens is 491 g/mol. The molecule has 2 aromatic heterocycles. The Labute approximate surface area is 219 Å². The Balaban J connectivity index is 1.42. The van der Waals surface area contributed by atoms with Gasteiger partial charge in [0.15, 0.2) is 11.5 Å². The third-order valence-corrected chi connectivity index (χ3v) is 7.14. The molecule has 2 heterocycles. The van der Waals surface area contributed by atoms with Gasteiger partial charge in [0.1, 0.15) is 6.54 Å². The van der Waals surface area contributed by atoms with Crippen molar-refractivity contribution in [3.8, 4) is 0 Å². The summed E-state index contributed by atoms with van der Waals surface area (Å²) in [7, 11) is 0. The third-order valence-electron chi connectivity index (χ3n) is 7.14. The van der Waals surface area contributed by atoms with Crippen LogP contribution < -0.4 is 5.32 Å². The molecule has 0 saturated heterocycles. The molecule has 198 valence electrons. The van der Waals surface area contributed by atoms with Crippen molar-refractivity contribution in [2.45, 2.75) is 70.6 Å². The molecule has 0 saturated carbocycles. The van der Waals surface area contributed by atoms with Crippen molar-refractivity contribution in [2.24, 2.45) is 0 Å². The van der Waals surface area contributed by atoms with Crippen LogP contribution in [0.5, 0.6) is 0 Å². The Morgan fingerprint density at radius 3 is 2.66 bits per heavy atom. The number of alkyl halides is 3. The first-order chi connectivity index (χ1) is 18.3. The molecule has 3 aromatic rings. The van der Waals surface area contributed by atoms with Crippen molar-refractivity contribution in [2.75, 3.05) is 0 Å². The van der Waals surface area contributed by atoms with Crippen LogP contribution >= 0.6 is 0 Å². The van der Waals surface area contributed by atoms with Crippen LogP contribution in [0.2, 0.25) is 0 Å². The fourth-order valence-corrected chi connectivity index (χ4v) is 5.29. The van der Waals surface area contributed by atoms with Crippen LogP contribution in [0.15, 0.2) is 60.3 Å². The summed E-state index contributed by atoms with van der Waals surface area (Å²) in [5, 5.41) is 6.83. The van der Waals surface area contributed by atoms with E-state index in [-0.39, 0.29) is 12.1 Å². The van der Waals surface area contributed by atoms with Crippen LogP contribution in [0.4, 0.5) is 13.2 Å². The van der Waals surface area contributed by atoms with Gasteiger partial charge in [-0.1, -0.05) is 42.5 Å². The van der Waals surface area contributed by atoms with Crippen molar-refractivity contribution in [1.29, 1.82) is 0 Å². The van der Waals surface area contributed by atoms with Gasteiger partial charge in [-0.2, -0.15) is 18.3 Å². The number of carbonyl (C=O) groups is 1. The van der Waals surface area contributed by atoms with Crippen LogP contribution in [-0.2, 0) is 36.8 Å². The van der Waals surface area contributed by atoms with Gasteiger partial charge in [0.2, 0.25) is 5.91 Å². The molecule has 0 radical (unpaired) electrons. The second-order valence-corrected chi connectivity index (χ2v) is 9.85. The van der Waals surface area contributed by atoms with Crippen molar-refractivity contribution in [3.63, 3.8) is 0 Å². The maximum absolute atomic E-state index is 13.6. The number of allylic oxidation sites excluding steroid dienone is 4. The number of nitrogens with zero attached hydrogens (tertiary/aromatic N) is 4. The molecule has 1 N–H and O–H groups in total. The van der Waals surface area contributed by atoms with Gasteiger partial charge >= 0.3 is 6.18 Å². The zero-order chi connectivity index (χ0) is 26.7. The summed E-state index contributed by atoms with van der Waals surface area (Å²) in [4.78, 5) is 22.5. The van der Waals surface area contributed by atoms with E-state index in [2.05, 4.69) is 34.5 Å². The summed E-state index contributed by atoms with van der Waals surface area (Å²) in [5.41, 5.74) is 3.95. The van der Waals surface area contributed by atoms with Gasteiger partial charge in [-0.25, -0.2) is 9.97 Å². The van der Waals surface area contributed by atoms with Crippen LogP contribution in [0.1, 0.15) is 72.7 Å². The molecule has 1 amide bonds. The summed E-state index contributed by atoms with van der Waals surface area (Å²) >= 11 is 0. The lowest BCUT2D eigenvalue weighted by atomic mass is 9.95. The van der Waals surface area contributed by atoms with E-state index in [0.717, 1.165) is 41.7 Å². The van der Waals surface area contributed by atoms with E-state index in [1.54, 1.807) is 6.20 Å². The van der Waals surface area contributed by atoms with E-state index in [4.69, 9.17) is 4.98 Å². The van der Waals surface area contributed by atoms with E-state index in [0.29, 0.717) is 37.2 Å². The SMILES string of the molecule is CC1=C(c2ccnc(C(Cc3ccccc3)NC(=O)Cn3nc(C(F)(F)F)c4c3CCCC4)n2)CCC=C1. The molecule has 0 spiro atoms. The standard InChI is InChI=1S/C29H30F3N5O/c1-19-9-5-6-12-21(19)23-15-16-33-28(35-23)24(17-20-10-3-2-4-11-20)34-26(38)18-37-25-14-8-7-13-22(25)27(36-37)29(30,31)32/h2-5,9-11,15-16,24H,6-8,12-14,17-18H2,1H3,(H,34,38). The Bertz CT molecular complexity index is 1370. The molecule has 5 rings (SSSR count). The molecule has 9 heteroatoms. The number of benzene rings is 1. The number of nitrogens with one attached hydrogen (secondary N) is 1. The number of fused-ring (bicyclic) bond motifs is 1. The zero-order valence-corrected chi connectivity index (χ0v) is 21.3. The lowest BCUT2D eigenvalue weighted by molar-refractivity contribution is -0.142. The lowest BCUT2D eigenvalue weighted by Crippen LogP contribution is -2.34. The first-order valence-corrected chi connectivity index (χ1v) is 13.0. The Hall–Kier alpha value is -3.75. The minimum Gasteiger partial charge on any atom is -0.344 e. The van der Waals surface area contributed by atoms with E-state index in [1.165, 1.54) is 4.68 Å². The molecule has 6 nitrogen and oxygen atoms in total. The summed E-state index contributed by atoms with van der Waals surface area (Å²) in [6.07, 6.45) is 5.89. The number of halogens is 3. The zero-order valence-electron chi connectivity index (χ0n) is 21.3. The van der Waals surface area contributed by atoms with Crippen molar-refractivity contribution in [1.82, 2.24) is 25.1 Å². The maximum Gasteiger partial charge on any atom is 0.435 e. The number of hydrogen-bond donors (Lipinski definition) is 1. The van der Waals surface area contributed by atoms with Crippen molar-refractivity contribution < 1.29 is 18.0 Å². The first-order valence-electron chi connectivity index (χ1n) is 13.0. The van der Waals surface area contributed by atoms with Crippen molar-refractivity contribution in [3.05, 3.63) is 94.4 Å². The summed E-state index contributed by atoms with van der Waals surface area (Å²) in [6.45, 7) is 1.76. The lowest BCUT2D eigenvalue weighted by Gasteiger charge is -2.20. The Morgan fingerprint density at radius 1 is 1.11 bits per heavy atom. The molecule has 2 aliphatic carbocycles. The third kappa shape index (κ3) is 5.71. The monoisotopic (exact) mass is 521 g/mol. The van der Waals surface area contributed by atoms with Gasteiger partial charge in [-0.15, -0.1) is 0 Å². The summed E-state index contributed by atoms with van der Waals surface area (Å²) in [5.74, 6) is 0.0357. The molecule has 0 fully saturated rings. The smallest absolute Gasteiger partial charge is 0.344 e. The normalized spacial score (nSPS) is 16.3. The van der Waals surface area contributed by atoms with Gasteiger partial charge in [0.05, 0.1) is 11.7 Å². The molecule has 1 atom stereocenters. The molecule has 1 aromatic carbocycles. The highest BCUT2D eigenvalue weighted by atomic mass is 19.4. The molecule has 38 heavy (non-hydrogen) atoms. The van der Waals surface area contributed by atoms with Gasteiger partial charge in [0, 0.05) is 17.5 Å². The molecule has 0 bridgehead atoms. The average Bonchev–Trinajstić information content (AvgIpc) is 3.28. The fourth-order valence-electron chi connectivity index (χ4n) is 5.29. The Morgan fingerprint density at radius 2 is 1.89 bits per heavy atom. The quantitative estimate of drug-likeness (QED) is 0.427. The highest BCUT2D eigenvalue weighted by Crippen LogP contribution is 2.36. The number of amides is 1. The van der Waals surface area contributed by atoms with Crippen LogP contribution in [0.3, 0.4) is 0 Å². The van der Waals surface area contributed by atoms with Crippen molar-refractivity contribution >= 4 is 11.5 Å². The van der Waals surface area contributed by atoms with E-state index in [9.17, 15) is 18.0 Å². The second kappa shape index (κ2) is 10.9. The topological polar surface area (TPSA) is 72.7 Å². The number of rotatable bonds is 7. The average molecular weight is 522 g/mol. The summed E-state index contributed by atoms with van der Waals surface area (Å²) in [6, 6.07) is 11.0. The van der Waals surface area contributed by atoms with E-state index >= 15 is 0 Å². The molecular formula is C29H30F3N5O. The fraction of sp³-hybridized carbons (Fsp3) is 0.379. The predicted octanol–water partition coefficient (Wildman–Crippen LogP) is 5.79. The van der Waals surface area contributed by atoms with Gasteiger partial charge in [-0.3, -0.25) is 9.48 Å². The predicted molar refractivity (Wildman–Crippen MR) is 138 cm³/mol. The molecule has 0 aliphatic heterocycles. The van der Waals surface area contributed by atoms with Crippen LogP contribution in [0, 0.1) is 0 Å². The molecule has 1 unspecified atom stereocenters. The highest BCUT2D eigenvalue weighted by molar-refractivity contribution is 5.76. The van der Waals surface area contributed by atoms with E-state index < -0.39 is 23.8 Å². The van der Waals surface area contributed by atoms with E-state index in [1.807, 2.05) is 36.4 Å². The second-order valence-electron chi connectivity index (χ2n) is 9.85. The van der Waals surface area contributed by atoms with Gasteiger partial charge in [-0.05, 0) is 74.6 Å². The molecule has 2 aliphatic rings. The Kier molecular flexibility index (Phi) is 7.44. The van der Waals surface area contributed by atoms with Crippen LogP contribution in [0.25, 0.3) is 5.57 Å². The summed E-state index contributed by atoms with van der Waals surface area (Å²) < 4.78 is 42.1. The van der Waals surface area contributed by atoms with Crippen LogP contribution in [-0.4, -0.2) is 25.7 Å². The number of hydrogen-bond acceptors (Lipinski definition) is 4. The first kappa shape index (κ1) is 25.9. The van der Waals surface area contributed by atoms with Gasteiger partial charge in [0.25, 0.3) is 0 Å². The number of aromatic nitrogens is 4. The minimum absolute atomic E-state index is 0.221. The minimum atomic E-state index is -4.55. The maximum atomic E-state index is 13.6.